The SMILES string of the molecule is CC(C)Cc1nc(C2CCc3ccccc32)nc(Cl)c1Br. The Hall–Kier alpha value is -0.930. The lowest BCUT2D eigenvalue weighted by molar-refractivity contribution is 0.621. The van der Waals surface area contributed by atoms with E-state index in [1.807, 2.05) is 0 Å². The van der Waals surface area contributed by atoms with E-state index >= 15 is 0 Å². The van der Waals surface area contributed by atoms with Gasteiger partial charge >= 0.3 is 0 Å². The molecule has 1 aromatic heterocycles. The van der Waals surface area contributed by atoms with Gasteiger partial charge in [-0.05, 0) is 52.2 Å². The van der Waals surface area contributed by atoms with Crippen LogP contribution in [0.1, 0.15) is 48.8 Å². The van der Waals surface area contributed by atoms with Crippen molar-refractivity contribution in [2.45, 2.75) is 39.0 Å². The van der Waals surface area contributed by atoms with E-state index in [9.17, 15) is 0 Å². The molecule has 110 valence electrons. The molecule has 0 radical (unpaired) electrons. The second-order valence-corrected chi connectivity index (χ2v) is 7.17. The molecule has 21 heavy (non-hydrogen) atoms. The molecule has 0 aliphatic heterocycles. The summed E-state index contributed by atoms with van der Waals surface area (Å²) >= 11 is 9.84. The third kappa shape index (κ3) is 3.00. The van der Waals surface area contributed by atoms with Gasteiger partial charge in [-0.25, -0.2) is 9.97 Å². The van der Waals surface area contributed by atoms with Gasteiger partial charge in [-0.1, -0.05) is 49.7 Å². The minimum Gasteiger partial charge on any atom is -0.236 e. The van der Waals surface area contributed by atoms with Gasteiger partial charge in [0.15, 0.2) is 0 Å². The Morgan fingerprint density at radius 2 is 2.05 bits per heavy atom. The van der Waals surface area contributed by atoms with Crippen LogP contribution in [0, 0.1) is 5.92 Å². The van der Waals surface area contributed by atoms with Crippen molar-refractivity contribution in [1.29, 1.82) is 0 Å². The molecule has 1 unspecified atom stereocenters. The van der Waals surface area contributed by atoms with Crippen molar-refractivity contribution < 1.29 is 0 Å². The molecule has 0 spiro atoms. The van der Waals surface area contributed by atoms with Gasteiger partial charge in [-0.15, -0.1) is 0 Å². The standard InChI is InChI=1S/C17H18BrClN2/c1-10(2)9-14-15(18)16(19)21-17(20-14)13-8-7-11-5-3-4-6-12(11)13/h3-6,10,13H,7-9H2,1-2H3. The Kier molecular flexibility index (Phi) is 4.32. The topological polar surface area (TPSA) is 25.8 Å². The second kappa shape index (κ2) is 6.05. The maximum Gasteiger partial charge on any atom is 0.147 e. The predicted molar refractivity (Wildman–Crippen MR) is 89.9 cm³/mol. The van der Waals surface area contributed by atoms with E-state index in [-0.39, 0.29) is 5.92 Å². The van der Waals surface area contributed by atoms with E-state index in [1.54, 1.807) is 0 Å². The van der Waals surface area contributed by atoms with Crippen LogP contribution in [0.15, 0.2) is 28.7 Å². The zero-order valence-electron chi connectivity index (χ0n) is 12.2. The van der Waals surface area contributed by atoms with Crippen LogP contribution in [0.5, 0.6) is 0 Å². The zero-order valence-corrected chi connectivity index (χ0v) is 14.6. The molecule has 0 fully saturated rings. The number of hydrogen-bond donors (Lipinski definition) is 0. The van der Waals surface area contributed by atoms with Crippen LogP contribution in [-0.4, -0.2) is 9.97 Å². The molecule has 0 amide bonds. The van der Waals surface area contributed by atoms with Crippen molar-refractivity contribution in [1.82, 2.24) is 9.97 Å². The van der Waals surface area contributed by atoms with Crippen molar-refractivity contribution in [3.05, 3.63) is 56.5 Å². The summed E-state index contributed by atoms with van der Waals surface area (Å²) in [5, 5.41) is 0.528. The monoisotopic (exact) mass is 364 g/mol. The second-order valence-electron chi connectivity index (χ2n) is 6.02. The summed E-state index contributed by atoms with van der Waals surface area (Å²) in [7, 11) is 0. The zero-order chi connectivity index (χ0) is 15.0. The van der Waals surface area contributed by atoms with Gasteiger partial charge in [0, 0.05) is 5.92 Å². The van der Waals surface area contributed by atoms with E-state index < -0.39 is 0 Å². The highest BCUT2D eigenvalue weighted by atomic mass is 79.9. The van der Waals surface area contributed by atoms with Gasteiger partial charge in [-0.3, -0.25) is 0 Å². The van der Waals surface area contributed by atoms with Crippen LogP contribution in [0.25, 0.3) is 0 Å². The molecule has 1 atom stereocenters. The molecule has 3 rings (SSSR count). The summed E-state index contributed by atoms with van der Waals surface area (Å²) < 4.78 is 0.841. The largest absolute Gasteiger partial charge is 0.236 e. The fourth-order valence-electron chi connectivity index (χ4n) is 2.98. The van der Waals surface area contributed by atoms with Crippen LogP contribution in [-0.2, 0) is 12.8 Å². The molecule has 2 nitrogen and oxygen atoms in total. The first kappa shape index (κ1) is 15.0. The molecule has 0 saturated carbocycles. The van der Waals surface area contributed by atoms with Crippen LogP contribution >= 0.6 is 27.5 Å². The van der Waals surface area contributed by atoms with E-state index in [4.69, 9.17) is 16.6 Å². The van der Waals surface area contributed by atoms with Gasteiger partial charge in [0.25, 0.3) is 0 Å². The molecule has 1 aliphatic rings. The van der Waals surface area contributed by atoms with Crippen molar-refractivity contribution in [3.8, 4) is 0 Å². The third-order valence-electron chi connectivity index (χ3n) is 3.94. The molecule has 1 aliphatic carbocycles. The molecular weight excluding hydrogens is 348 g/mol. The summed E-state index contributed by atoms with van der Waals surface area (Å²) in [5.41, 5.74) is 3.78. The lowest BCUT2D eigenvalue weighted by atomic mass is 10.00. The predicted octanol–water partition coefficient (Wildman–Crippen LogP) is 5.17. The molecule has 2 aromatic rings. The van der Waals surface area contributed by atoms with Gasteiger partial charge in [-0.2, -0.15) is 0 Å². The Morgan fingerprint density at radius 3 is 2.81 bits per heavy atom. The van der Waals surface area contributed by atoms with E-state index in [0.29, 0.717) is 11.1 Å². The fraction of sp³-hybridized carbons (Fsp3) is 0.412. The fourth-order valence-corrected chi connectivity index (χ4v) is 3.52. The third-order valence-corrected chi connectivity index (χ3v) is 5.28. The van der Waals surface area contributed by atoms with E-state index in [1.165, 1.54) is 11.1 Å². The average molecular weight is 366 g/mol. The van der Waals surface area contributed by atoms with Gasteiger partial charge in [0.05, 0.1) is 10.2 Å². The van der Waals surface area contributed by atoms with Crippen LogP contribution in [0.3, 0.4) is 0 Å². The normalized spacial score (nSPS) is 17.3. The Balaban J connectivity index is 2.02. The number of hydrogen-bond acceptors (Lipinski definition) is 2. The Bertz CT molecular complexity index is 670. The van der Waals surface area contributed by atoms with Gasteiger partial charge in [0.2, 0.25) is 0 Å². The Labute approximate surface area is 139 Å². The minimum absolute atomic E-state index is 0.276. The molecule has 0 N–H and O–H groups in total. The number of nitrogens with zero attached hydrogens (tertiary/aromatic N) is 2. The number of rotatable bonds is 3. The first-order valence-corrected chi connectivity index (χ1v) is 8.53. The molecule has 0 saturated heterocycles. The first-order chi connectivity index (χ1) is 10.1. The lowest BCUT2D eigenvalue weighted by Gasteiger charge is -2.14. The van der Waals surface area contributed by atoms with E-state index in [2.05, 4.69) is 59.0 Å². The summed E-state index contributed by atoms with van der Waals surface area (Å²) in [6, 6.07) is 8.58. The number of benzene rings is 1. The molecule has 1 aromatic carbocycles. The summed E-state index contributed by atoms with van der Waals surface area (Å²) in [5.74, 6) is 1.68. The first-order valence-electron chi connectivity index (χ1n) is 7.36. The van der Waals surface area contributed by atoms with Crippen molar-refractivity contribution in [2.75, 3.05) is 0 Å². The summed E-state index contributed by atoms with van der Waals surface area (Å²) in [6.45, 7) is 4.37. The van der Waals surface area contributed by atoms with Crippen LogP contribution in [0.4, 0.5) is 0 Å². The van der Waals surface area contributed by atoms with Gasteiger partial charge < -0.3 is 0 Å². The number of halogens is 2. The lowest BCUT2D eigenvalue weighted by Crippen LogP contribution is -2.08. The number of aryl methyl sites for hydroxylation is 1. The highest BCUT2D eigenvalue weighted by Crippen LogP contribution is 2.38. The molecule has 0 bridgehead atoms. The minimum atomic E-state index is 0.276. The smallest absolute Gasteiger partial charge is 0.147 e. The molecular formula is C17H18BrClN2. The van der Waals surface area contributed by atoms with Crippen molar-refractivity contribution >= 4 is 27.5 Å². The summed E-state index contributed by atoms with van der Waals surface area (Å²) in [4.78, 5) is 9.34. The van der Waals surface area contributed by atoms with Crippen LogP contribution < -0.4 is 0 Å². The van der Waals surface area contributed by atoms with Crippen LogP contribution in [0.2, 0.25) is 5.15 Å². The molecule has 1 heterocycles. The highest BCUT2D eigenvalue weighted by Gasteiger charge is 2.27. The maximum absolute atomic E-state index is 6.31. The van der Waals surface area contributed by atoms with E-state index in [0.717, 1.165) is 35.3 Å². The van der Waals surface area contributed by atoms with Gasteiger partial charge in [0.1, 0.15) is 11.0 Å². The van der Waals surface area contributed by atoms with Crippen molar-refractivity contribution in [3.63, 3.8) is 0 Å². The van der Waals surface area contributed by atoms with Crippen molar-refractivity contribution in [2.24, 2.45) is 5.92 Å². The number of fused-ring (bicyclic) bond motifs is 1. The summed E-state index contributed by atoms with van der Waals surface area (Å²) in [6.07, 6.45) is 3.07. The quantitative estimate of drug-likeness (QED) is 0.701. The highest BCUT2D eigenvalue weighted by molar-refractivity contribution is 9.10. The average Bonchev–Trinajstić information content (AvgIpc) is 2.87. The number of aromatic nitrogens is 2. The molecule has 4 heteroatoms. The maximum atomic E-state index is 6.31. The Morgan fingerprint density at radius 1 is 1.29 bits per heavy atom.